The number of methoxy groups -OCH3 is 1. The number of rotatable bonds is 4. The monoisotopic (exact) mass is 238 g/mol. The summed E-state index contributed by atoms with van der Waals surface area (Å²) in [6, 6.07) is 7.64. The van der Waals surface area contributed by atoms with E-state index in [-0.39, 0.29) is 6.10 Å². The Hall–Kier alpha value is -1.17. The molecule has 1 aromatic rings. The highest BCUT2D eigenvalue weighted by atomic mass is 35.5. The van der Waals surface area contributed by atoms with E-state index in [0.29, 0.717) is 12.5 Å². The van der Waals surface area contributed by atoms with Crippen molar-refractivity contribution in [1.82, 2.24) is 0 Å². The third-order valence-electron chi connectivity index (χ3n) is 1.91. The predicted molar refractivity (Wildman–Crippen MR) is 66.0 cm³/mol. The van der Waals surface area contributed by atoms with Crippen LogP contribution >= 0.6 is 11.6 Å². The number of hydrogen-bond acceptors (Lipinski definition) is 2. The van der Waals surface area contributed by atoms with Crippen molar-refractivity contribution >= 4 is 11.6 Å². The molecule has 0 aliphatic heterocycles. The van der Waals surface area contributed by atoms with Crippen molar-refractivity contribution in [3.05, 3.63) is 29.8 Å². The van der Waals surface area contributed by atoms with E-state index in [0.717, 1.165) is 11.3 Å². The zero-order valence-corrected chi connectivity index (χ0v) is 10.3. The van der Waals surface area contributed by atoms with Crippen molar-refractivity contribution in [1.29, 1.82) is 0 Å². The molecule has 0 bridgehead atoms. The van der Waals surface area contributed by atoms with Crippen molar-refractivity contribution in [2.45, 2.75) is 13.0 Å². The van der Waals surface area contributed by atoms with Crippen LogP contribution in [0.3, 0.4) is 0 Å². The number of alkyl halides is 1. The first-order chi connectivity index (χ1) is 7.77. The molecule has 16 heavy (non-hydrogen) atoms. The number of para-hydroxylation sites is 1. The molecule has 0 aliphatic carbocycles. The van der Waals surface area contributed by atoms with Gasteiger partial charge in [-0.1, -0.05) is 24.0 Å². The highest BCUT2D eigenvalue weighted by Crippen LogP contribution is 2.18. The Morgan fingerprint density at radius 1 is 1.38 bits per heavy atom. The van der Waals surface area contributed by atoms with Gasteiger partial charge in [-0.25, -0.2) is 0 Å². The fourth-order valence-corrected chi connectivity index (χ4v) is 1.35. The lowest BCUT2D eigenvalue weighted by Crippen LogP contribution is -2.18. The van der Waals surface area contributed by atoms with Crippen LogP contribution < -0.4 is 4.74 Å². The fraction of sp³-hybridized carbons (Fsp3) is 0.385. The van der Waals surface area contributed by atoms with Gasteiger partial charge in [0, 0.05) is 7.11 Å². The van der Waals surface area contributed by atoms with Crippen molar-refractivity contribution in [2.75, 3.05) is 19.6 Å². The van der Waals surface area contributed by atoms with E-state index in [9.17, 15) is 0 Å². The molecule has 86 valence electrons. The van der Waals surface area contributed by atoms with Crippen LogP contribution in [0.1, 0.15) is 12.5 Å². The van der Waals surface area contributed by atoms with Gasteiger partial charge >= 0.3 is 0 Å². The van der Waals surface area contributed by atoms with Crippen LogP contribution in [-0.4, -0.2) is 25.7 Å². The lowest BCUT2D eigenvalue weighted by molar-refractivity contribution is 0.0919. The molecule has 1 atom stereocenters. The minimum atomic E-state index is 0.00366. The summed E-state index contributed by atoms with van der Waals surface area (Å²) in [6.07, 6.45) is 0.00366. The van der Waals surface area contributed by atoms with Gasteiger partial charge < -0.3 is 9.47 Å². The predicted octanol–water partition coefficient (Wildman–Crippen LogP) is 2.69. The second-order valence-electron chi connectivity index (χ2n) is 3.32. The van der Waals surface area contributed by atoms with Crippen LogP contribution in [0, 0.1) is 11.8 Å². The maximum absolute atomic E-state index is 5.71. The second kappa shape index (κ2) is 7.16. The van der Waals surface area contributed by atoms with E-state index in [1.165, 1.54) is 0 Å². The molecule has 0 aromatic heterocycles. The van der Waals surface area contributed by atoms with Crippen molar-refractivity contribution in [3.63, 3.8) is 0 Å². The molecule has 0 aliphatic rings. The van der Waals surface area contributed by atoms with E-state index >= 15 is 0 Å². The summed E-state index contributed by atoms with van der Waals surface area (Å²) in [5.74, 6) is 6.87. The van der Waals surface area contributed by atoms with Crippen molar-refractivity contribution < 1.29 is 9.47 Å². The van der Waals surface area contributed by atoms with E-state index in [1.54, 1.807) is 7.11 Å². The largest absolute Gasteiger partial charge is 0.487 e. The zero-order valence-electron chi connectivity index (χ0n) is 9.50. The maximum Gasteiger partial charge on any atom is 0.135 e. The summed E-state index contributed by atoms with van der Waals surface area (Å²) in [4.78, 5) is 0. The maximum atomic E-state index is 5.71. The van der Waals surface area contributed by atoms with E-state index in [4.69, 9.17) is 21.1 Å². The molecular formula is C13H15ClO2. The highest BCUT2D eigenvalue weighted by Gasteiger charge is 2.05. The molecule has 0 fully saturated rings. The first kappa shape index (κ1) is 12.9. The van der Waals surface area contributed by atoms with Gasteiger partial charge in [0.2, 0.25) is 0 Å². The topological polar surface area (TPSA) is 18.5 Å². The first-order valence-electron chi connectivity index (χ1n) is 5.07. The first-order valence-corrected chi connectivity index (χ1v) is 5.61. The van der Waals surface area contributed by atoms with E-state index in [1.807, 2.05) is 31.2 Å². The Labute approximate surface area is 102 Å². The average Bonchev–Trinajstić information content (AvgIpc) is 2.28. The number of hydrogen-bond donors (Lipinski definition) is 0. The van der Waals surface area contributed by atoms with Gasteiger partial charge in [0.15, 0.2) is 0 Å². The lowest BCUT2D eigenvalue weighted by atomic mass is 10.2. The molecule has 3 heteroatoms. The van der Waals surface area contributed by atoms with Crippen molar-refractivity contribution in [2.24, 2.45) is 0 Å². The molecule has 0 N–H and O–H groups in total. The van der Waals surface area contributed by atoms with Crippen LogP contribution in [0.15, 0.2) is 24.3 Å². The summed E-state index contributed by atoms with van der Waals surface area (Å²) >= 11 is 5.52. The molecule has 0 spiro atoms. The molecule has 0 amide bonds. The molecule has 1 rings (SSSR count). The van der Waals surface area contributed by atoms with Crippen LogP contribution in [0.25, 0.3) is 0 Å². The number of ether oxygens (including phenoxy) is 2. The van der Waals surface area contributed by atoms with Gasteiger partial charge in [0.1, 0.15) is 11.9 Å². The second-order valence-corrected chi connectivity index (χ2v) is 3.58. The average molecular weight is 239 g/mol. The fourth-order valence-electron chi connectivity index (χ4n) is 1.29. The molecule has 1 unspecified atom stereocenters. The van der Waals surface area contributed by atoms with Gasteiger partial charge in [-0.05, 0) is 19.1 Å². The third-order valence-corrected chi connectivity index (χ3v) is 2.04. The molecular weight excluding hydrogens is 224 g/mol. The Morgan fingerprint density at radius 2 is 2.12 bits per heavy atom. The van der Waals surface area contributed by atoms with Gasteiger partial charge in [-0.2, -0.15) is 0 Å². The Balaban J connectivity index is 2.78. The minimum absolute atomic E-state index is 0.00366. The normalized spacial score (nSPS) is 11.4. The van der Waals surface area contributed by atoms with E-state index in [2.05, 4.69) is 11.8 Å². The smallest absolute Gasteiger partial charge is 0.135 e. The molecule has 1 aromatic carbocycles. The van der Waals surface area contributed by atoms with Gasteiger partial charge in [0.25, 0.3) is 0 Å². The standard InChI is InChI=1S/C13H15ClO2/c1-11(10-15-2)16-13-8-4-3-6-12(13)7-5-9-14/h3-4,6,8,11H,9-10H2,1-2H3. The minimum Gasteiger partial charge on any atom is -0.487 e. The summed E-state index contributed by atoms with van der Waals surface area (Å²) < 4.78 is 10.7. The Bertz CT molecular complexity index is 379. The summed E-state index contributed by atoms with van der Waals surface area (Å²) in [5.41, 5.74) is 0.853. The van der Waals surface area contributed by atoms with Crippen LogP contribution in [-0.2, 0) is 4.74 Å². The van der Waals surface area contributed by atoms with Crippen LogP contribution in [0.2, 0.25) is 0 Å². The third kappa shape index (κ3) is 4.14. The molecule has 0 saturated carbocycles. The molecule has 2 nitrogen and oxygen atoms in total. The Kier molecular flexibility index (Phi) is 5.77. The van der Waals surface area contributed by atoms with Crippen LogP contribution in [0.5, 0.6) is 5.75 Å². The summed E-state index contributed by atoms with van der Waals surface area (Å²) in [6.45, 7) is 2.51. The molecule has 0 radical (unpaired) electrons. The van der Waals surface area contributed by atoms with Crippen LogP contribution in [0.4, 0.5) is 0 Å². The SMILES string of the molecule is COCC(C)Oc1ccccc1C#CCCl. The lowest BCUT2D eigenvalue weighted by Gasteiger charge is -2.14. The van der Waals surface area contributed by atoms with E-state index < -0.39 is 0 Å². The van der Waals surface area contributed by atoms with Gasteiger partial charge in [0.05, 0.1) is 18.1 Å². The summed E-state index contributed by atoms with van der Waals surface area (Å²) in [7, 11) is 1.65. The zero-order chi connectivity index (χ0) is 11.8. The highest BCUT2D eigenvalue weighted by molar-refractivity contribution is 6.19. The molecule has 0 saturated heterocycles. The van der Waals surface area contributed by atoms with Gasteiger partial charge in [-0.15, -0.1) is 11.6 Å². The number of halogens is 1. The van der Waals surface area contributed by atoms with Gasteiger partial charge in [-0.3, -0.25) is 0 Å². The number of benzene rings is 1. The molecule has 0 heterocycles. The quantitative estimate of drug-likeness (QED) is 0.593. The Morgan fingerprint density at radius 3 is 2.81 bits per heavy atom. The summed E-state index contributed by atoms with van der Waals surface area (Å²) in [5, 5.41) is 0. The van der Waals surface area contributed by atoms with Crippen molar-refractivity contribution in [3.8, 4) is 17.6 Å².